The Kier molecular flexibility index (Phi) is 6.96. The fraction of sp³-hybridized carbons (Fsp3) is 0.130. The third-order valence-corrected chi connectivity index (χ3v) is 5.58. The monoisotopic (exact) mass is 424 g/mol. The fourth-order valence-electron chi connectivity index (χ4n) is 2.78. The maximum absolute atomic E-state index is 12.7. The van der Waals surface area contributed by atoms with Crippen molar-refractivity contribution in [3.05, 3.63) is 88.9 Å². The van der Waals surface area contributed by atoms with Gasteiger partial charge in [0.15, 0.2) is 0 Å². The number of hydrogen-bond acceptors (Lipinski definition) is 3. The van der Waals surface area contributed by atoms with Crippen molar-refractivity contribution < 1.29 is 9.59 Å². The molecule has 4 nitrogen and oxygen atoms in total. The van der Waals surface area contributed by atoms with Crippen LogP contribution in [0.25, 0.3) is 0 Å². The molecule has 3 aromatic carbocycles. The van der Waals surface area contributed by atoms with Crippen molar-refractivity contribution in [1.82, 2.24) is 5.32 Å². The van der Waals surface area contributed by atoms with Crippen LogP contribution in [0, 0.1) is 0 Å². The molecule has 3 aromatic rings. The average Bonchev–Trinajstić information content (AvgIpc) is 2.71. The molecule has 29 heavy (non-hydrogen) atoms. The van der Waals surface area contributed by atoms with Crippen molar-refractivity contribution >= 4 is 40.9 Å². The van der Waals surface area contributed by atoms with Crippen LogP contribution in [0.3, 0.4) is 0 Å². The highest BCUT2D eigenvalue weighted by Crippen LogP contribution is 2.35. The van der Waals surface area contributed by atoms with Gasteiger partial charge in [0.2, 0.25) is 5.91 Å². The summed E-state index contributed by atoms with van der Waals surface area (Å²) in [5, 5.41) is 6.48. The van der Waals surface area contributed by atoms with Crippen LogP contribution >= 0.6 is 23.4 Å². The number of carbonyl (C=O) groups excluding carboxylic acids is 2. The van der Waals surface area contributed by atoms with Gasteiger partial charge in [0.1, 0.15) is 0 Å². The predicted molar refractivity (Wildman–Crippen MR) is 119 cm³/mol. The van der Waals surface area contributed by atoms with Crippen LogP contribution in [0.2, 0.25) is 5.02 Å². The van der Waals surface area contributed by atoms with Gasteiger partial charge in [-0.15, -0.1) is 0 Å². The zero-order valence-corrected chi connectivity index (χ0v) is 17.7. The SMILES string of the molecule is CC(=O)Nc1cc(C(=O)N[C@H](C)c2ccccc2)ccc1Sc1ccc(Cl)cc1. The molecule has 0 spiro atoms. The Morgan fingerprint density at radius 1 is 0.966 bits per heavy atom. The topological polar surface area (TPSA) is 58.2 Å². The van der Waals surface area contributed by atoms with Gasteiger partial charge in [-0.3, -0.25) is 9.59 Å². The van der Waals surface area contributed by atoms with Gasteiger partial charge in [-0.05, 0) is 55.0 Å². The summed E-state index contributed by atoms with van der Waals surface area (Å²) in [6, 6.07) is 22.4. The lowest BCUT2D eigenvalue weighted by Crippen LogP contribution is -2.26. The molecular weight excluding hydrogens is 404 g/mol. The lowest BCUT2D eigenvalue weighted by atomic mass is 10.1. The van der Waals surface area contributed by atoms with E-state index in [0.29, 0.717) is 16.3 Å². The molecule has 0 heterocycles. The number of rotatable bonds is 6. The number of hydrogen-bond donors (Lipinski definition) is 2. The first-order valence-corrected chi connectivity index (χ1v) is 10.3. The molecule has 0 aliphatic heterocycles. The van der Waals surface area contributed by atoms with Gasteiger partial charge in [0.05, 0.1) is 11.7 Å². The number of amides is 2. The second-order valence-corrected chi connectivity index (χ2v) is 8.11. The van der Waals surface area contributed by atoms with E-state index in [2.05, 4.69) is 10.6 Å². The van der Waals surface area contributed by atoms with E-state index in [9.17, 15) is 9.59 Å². The largest absolute Gasteiger partial charge is 0.346 e. The van der Waals surface area contributed by atoms with Crippen molar-refractivity contribution in [3.8, 4) is 0 Å². The highest BCUT2D eigenvalue weighted by Gasteiger charge is 2.14. The second-order valence-electron chi connectivity index (χ2n) is 6.55. The molecule has 0 aromatic heterocycles. The Hall–Kier alpha value is -2.76. The first-order valence-electron chi connectivity index (χ1n) is 9.13. The van der Waals surface area contributed by atoms with E-state index in [1.807, 2.05) is 67.6 Å². The van der Waals surface area contributed by atoms with Gasteiger partial charge in [-0.1, -0.05) is 53.7 Å². The normalized spacial score (nSPS) is 11.6. The van der Waals surface area contributed by atoms with Crippen molar-refractivity contribution in [3.63, 3.8) is 0 Å². The summed E-state index contributed by atoms with van der Waals surface area (Å²) in [5.74, 6) is -0.394. The number of anilines is 1. The molecule has 0 aliphatic carbocycles. The van der Waals surface area contributed by atoms with Crippen molar-refractivity contribution in [2.24, 2.45) is 0 Å². The Morgan fingerprint density at radius 3 is 2.31 bits per heavy atom. The minimum atomic E-state index is -0.198. The first kappa shape index (κ1) is 21.0. The Morgan fingerprint density at radius 2 is 1.66 bits per heavy atom. The van der Waals surface area contributed by atoms with E-state index in [-0.39, 0.29) is 17.9 Å². The number of nitrogens with one attached hydrogen (secondary N) is 2. The maximum atomic E-state index is 12.7. The Labute approximate surface area is 179 Å². The zero-order chi connectivity index (χ0) is 20.8. The molecule has 3 rings (SSSR count). The Balaban J connectivity index is 1.81. The van der Waals surface area contributed by atoms with Crippen LogP contribution < -0.4 is 10.6 Å². The van der Waals surface area contributed by atoms with E-state index in [1.54, 1.807) is 12.1 Å². The summed E-state index contributed by atoms with van der Waals surface area (Å²) < 4.78 is 0. The smallest absolute Gasteiger partial charge is 0.251 e. The summed E-state index contributed by atoms with van der Waals surface area (Å²) in [6.45, 7) is 3.38. The standard InChI is InChI=1S/C23H21ClN2O2S/c1-15(17-6-4-3-5-7-17)25-23(28)18-8-13-22(21(14-18)26-16(2)27)29-20-11-9-19(24)10-12-20/h3-15H,1-2H3,(H,25,28)(H,26,27)/t15-/m1/s1. The van der Waals surface area contributed by atoms with Gasteiger partial charge in [-0.25, -0.2) is 0 Å². The first-order chi connectivity index (χ1) is 13.9. The number of benzene rings is 3. The van der Waals surface area contributed by atoms with E-state index < -0.39 is 0 Å². The molecule has 0 aliphatic rings. The van der Waals surface area contributed by atoms with Crippen LogP contribution in [-0.2, 0) is 4.79 Å². The third kappa shape index (κ3) is 5.86. The quantitative estimate of drug-likeness (QED) is 0.514. The molecule has 0 unspecified atom stereocenters. The summed E-state index contributed by atoms with van der Waals surface area (Å²) in [6.07, 6.45) is 0. The third-order valence-electron chi connectivity index (χ3n) is 4.24. The minimum Gasteiger partial charge on any atom is -0.346 e. The van der Waals surface area contributed by atoms with Crippen LogP contribution in [-0.4, -0.2) is 11.8 Å². The molecule has 0 bridgehead atoms. The average molecular weight is 425 g/mol. The van der Waals surface area contributed by atoms with Crippen molar-refractivity contribution in [2.75, 3.05) is 5.32 Å². The van der Waals surface area contributed by atoms with E-state index in [4.69, 9.17) is 11.6 Å². The van der Waals surface area contributed by atoms with Crippen molar-refractivity contribution in [2.45, 2.75) is 29.7 Å². The fourth-order valence-corrected chi connectivity index (χ4v) is 3.79. The summed E-state index contributed by atoms with van der Waals surface area (Å²) in [4.78, 5) is 26.2. The zero-order valence-electron chi connectivity index (χ0n) is 16.1. The summed E-state index contributed by atoms with van der Waals surface area (Å²) in [7, 11) is 0. The van der Waals surface area contributed by atoms with Gasteiger partial charge in [0, 0.05) is 27.3 Å². The molecule has 0 radical (unpaired) electrons. The van der Waals surface area contributed by atoms with E-state index in [1.165, 1.54) is 18.7 Å². The molecule has 0 saturated carbocycles. The number of carbonyl (C=O) groups is 2. The highest BCUT2D eigenvalue weighted by atomic mass is 35.5. The lowest BCUT2D eigenvalue weighted by molar-refractivity contribution is -0.114. The summed E-state index contributed by atoms with van der Waals surface area (Å²) in [5.41, 5.74) is 2.10. The van der Waals surface area contributed by atoms with Crippen molar-refractivity contribution in [1.29, 1.82) is 0 Å². The molecule has 0 fully saturated rings. The maximum Gasteiger partial charge on any atom is 0.251 e. The van der Waals surface area contributed by atoms with Gasteiger partial charge in [0.25, 0.3) is 5.91 Å². The molecule has 2 amide bonds. The molecule has 0 saturated heterocycles. The molecule has 1 atom stereocenters. The van der Waals surface area contributed by atoms with Crippen LogP contribution in [0.5, 0.6) is 0 Å². The molecule has 6 heteroatoms. The second kappa shape index (κ2) is 9.63. The lowest BCUT2D eigenvalue weighted by Gasteiger charge is -2.16. The van der Waals surface area contributed by atoms with E-state index in [0.717, 1.165) is 15.4 Å². The van der Waals surface area contributed by atoms with Gasteiger partial charge < -0.3 is 10.6 Å². The predicted octanol–water partition coefficient (Wildman–Crippen LogP) is 5.94. The minimum absolute atomic E-state index is 0.129. The van der Waals surface area contributed by atoms with Crippen LogP contribution in [0.1, 0.15) is 35.8 Å². The van der Waals surface area contributed by atoms with Gasteiger partial charge >= 0.3 is 0 Å². The molecule has 2 N–H and O–H groups in total. The van der Waals surface area contributed by atoms with E-state index >= 15 is 0 Å². The van der Waals surface area contributed by atoms with Crippen LogP contribution in [0.4, 0.5) is 5.69 Å². The number of halogens is 1. The van der Waals surface area contributed by atoms with Gasteiger partial charge in [-0.2, -0.15) is 0 Å². The van der Waals surface area contributed by atoms with Crippen LogP contribution in [0.15, 0.2) is 82.6 Å². The highest BCUT2D eigenvalue weighted by molar-refractivity contribution is 7.99. The Bertz CT molecular complexity index is 1010. The molecule has 148 valence electrons. The molecular formula is C23H21ClN2O2S. The summed E-state index contributed by atoms with van der Waals surface area (Å²) >= 11 is 7.44.